The summed E-state index contributed by atoms with van der Waals surface area (Å²) in [7, 11) is 0. The maximum absolute atomic E-state index is 12.5. The zero-order valence-electron chi connectivity index (χ0n) is 14.3. The van der Waals surface area contributed by atoms with Gasteiger partial charge in [-0.1, -0.05) is 30.3 Å². The lowest BCUT2D eigenvalue weighted by Gasteiger charge is -2.16. The van der Waals surface area contributed by atoms with Crippen molar-refractivity contribution >= 4 is 11.6 Å². The third kappa shape index (κ3) is 3.60. The van der Waals surface area contributed by atoms with Crippen molar-refractivity contribution in [1.29, 1.82) is 0 Å². The van der Waals surface area contributed by atoms with Crippen LogP contribution in [0.15, 0.2) is 46.0 Å². The van der Waals surface area contributed by atoms with Gasteiger partial charge in [0.25, 0.3) is 11.1 Å². The molecule has 0 spiro atoms. The summed E-state index contributed by atoms with van der Waals surface area (Å²) >= 11 is 0. The molecule has 3 rings (SSSR count). The molecule has 4 N–H and O–H groups in total. The molecule has 0 unspecified atom stereocenters. The van der Waals surface area contributed by atoms with Crippen LogP contribution in [0.4, 0.5) is 0 Å². The molecule has 0 saturated carbocycles. The fraction of sp³-hybridized carbons (Fsp3) is 0.278. The van der Waals surface area contributed by atoms with Gasteiger partial charge in [-0.15, -0.1) is 0 Å². The van der Waals surface area contributed by atoms with Crippen molar-refractivity contribution in [1.82, 2.24) is 19.9 Å². The van der Waals surface area contributed by atoms with Crippen LogP contribution in [0, 0.1) is 6.92 Å². The second-order valence-corrected chi connectivity index (χ2v) is 6.09. The molecule has 0 bridgehead atoms. The van der Waals surface area contributed by atoms with Gasteiger partial charge < -0.3 is 15.4 Å². The largest absolute Gasteiger partial charge is 0.394 e. The molecule has 0 aliphatic rings. The van der Waals surface area contributed by atoms with Crippen molar-refractivity contribution in [2.24, 2.45) is 0 Å². The molecule has 0 aliphatic carbocycles. The minimum atomic E-state index is -0.494. The Hall–Kier alpha value is -3.13. The lowest BCUT2D eigenvalue weighted by atomic mass is 10.1. The van der Waals surface area contributed by atoms with Crippen LogP contribution in [0.5, 0.6) is 0 Å². The highest BCUT2D eigenvalue weighted by atomic mass is 16.3. The Morgan fingerprint density at radius 3 is 2.69 bits per heavy atom. The second kappa shape index (κ2) is 7.40. The molecular formula is C18H20N4O4. The fourth-order valence-electron chi connectivity index (χ4n) is 2.93. The summed E-state index contributed by atoms with van der Waals surface area (Å²) < 4.78 is 1.14. The molecule has 0 saturated heterocycles. The van der Waals surface area contributed by atoms with E-state index in [4.69, 9.17) is 0 Å². The van der Waals surface area contributed by atoms with Gasteiger partial charge in [-0.2, -0.15) is 0 Å². The molecule has 26 heavy (non-hydrogen) atoms. The van der Waals surface area contributed by atoms with Crippen LogP contribution in [0.1, 0.15) is 29.3 Å². The molecule has 1 atom stereocenters. The number of amides is 1. The highest BCUT2D eigenvalue weighted by molar-refractivity contribution is 5.76. The highest BCUT2D eigenvalue weighted by Gasteiger charge is 2.16. The van der Waals surface area contributed by atoms with Crippen LogP contribution < -0.4 is 16.4 Å². The van der Waals surface area contributed by atoms with E-state index in [2.05, 4.69) is 15.4 Å². The van der Waals surface area contributed by atoms with Gasteiger partial charge in [0, 0.05) is 23.7 Å². The standard InChI is InChI=1S/C18H20N4O4/c1-11-13(18(26)22-15(19-11)9-17(25)21-22)7-8-16(24)20-14(10-23)12-5-3-2-4-6-12/h2-6,9,14,19,23H,7-8,10H2,1H3,(H,20,24)(H,21,25)/t14-/m1/s1. The number of aromatic nitrogens is 3. The Morgan fingerprint density at radius 1 is 1.27 bits per heavy atom. The molecule has 136 valence electrons. The zero-order valence-corrected chi connectivity index (χ0v) is 14.3. The quantitative estimate of drug-likeness (QED) is 0.511. The number of carbonyl (C=O) groups excluding carboxylic acids is 1. The van der Waals surface area contributed by atoms with E-state index in [0.29, 0.717) is 16.9 Å². The summed E-state index contributed by atoms with van der Waals surface area (Å²) in [6.45, 7) is 1.51. The van der Waals surface area contributed by atoms with Crippen LogP contribution in [0.3, 0.4) is 0 Å². The van der Waals surface area contributed by atoms with E-state index in [0.717, 1.165) is 10.1 Å². The number of rotatable bonds is 6. The summed E-state index contributed by atoms with van der Waals surface area (Å²) in [6.07, 6.45) is 0.306. The van der Waals surface area contributed by atoms with E-state index in [1.54, 1.807) is 6.92 Å². The maximum atomic E-state index is 12.5. The summed E-state index contributed by atoms with van der Waals surface area (Å²) in [5.74, 6) is -0.271. The van der Waals surface area contributed by atoms with E-state index in [1.807, 2.05) is 30.3 Å². The Bertz CT molecular complexity index is 1030. The first-order valence-corrected chi connectivity index (χ1v) is 8.28. The van der Waals surface area contributed by atoms with E-state index in [9.17, 15) is 19.5 Å². The number of aliphatic hydroxyl groups excluding tert-OH is 1. The summed E-state index contributed by atoms with van der Waals surface area (Å²) in [5.41, 5.74) is 1.51. The second-order valence-electron chi connectivity index (χ2n) is 6.09. The molecule has 1 aromatic carbocycles. The first kappa shape index (κ1) is 17.7. The lowest BCUT2D eigenvalue weighted by Crippen LogP contribution is -2.31. The van der Waals surface area contributed by atoms with E-state index in [-0.39, 0.29) is 36.5 Å². The zero-order chi connectivity index (χ0) is 18.7. The Balaban J connectivity index is 1.72. The third-order valence-electron chi connectivity index (χ3n) is 4.28. The van der Waals surface area contributed by atoms with Crippen molar-refractivity contribution in [3.05, 3.63) is 73.9 Å². The van der Waals surface area contributed by atoms with E-state index in [1.165, 1.54) is 6.07 Å². The van der Waals surface area contributed by atoms with Crippen molar-refractivity contribution in [2.75, 3.05) is 6.61 Å². The molecule has 0 fully saturated rings. The highest BCUT2D eigenvalue weighted by Crippen LogP contribution is 2.12. The number of hydrogen-bond donors (Lipinski definition) is 4. The van der Waals surface area contributed by atoms with Crippen LogP contribution in [0.25, 0.3) is 5.65 Å². The van der Waals surface area contributed by atoms with Gasteiger partial charge in [-0.05, 0) is 18.9 Å². The van der Waals surface area contributed by atoms with Gasteiger partial charge in [0.2, 0.25) is 5.91 Å². The topological polar surface area (TPSA) is 119 Å². The Kier molecular flexibility index (Phi) is 5.04. The number of aromatic amines is 2. The molecule has 0 aliphatic heterocycles. The number of aryl methyl sites for hydroxylation is 1. The predicted molar refractivity (Wildman–Crippen MR) is 96.1 cm³/mol. The van der Waals surface area contributed by atoms with Crippen molar-refractivity contribution in [2.45, 2.75) is 25.8 Å². The van der Waals surface area contributed by atoms with Gasteiger partial charge in [-0.25, -0.2) is 4.52 Å². The number of nitrogens with zero attached hydrogens (tertiary/aromatic N) is 1. The molecule has 1 amide bonds. The minimum absolute atomic E-state index is 0.0876. The fourth-order valence-corrected chi connectivity index (χ4v) is 2.93. The normalized spacial score (nSPS) is 12.2. The van der Waals surface area contributed by atoms with Gasteiger partial charge in [-0.3, -0.25) is 19.5 Å². The molecular weight excluding hydrogens is 336 g/mol. The lowest BCUT2D eigenvalue weighted by molar-refractivity contribution is -0.122. The van der Waals surface area contributed by atoms with Gasteiger partial charge >= 0.3 is 0 Å². The maximum Gasteiger partial charge on any atom is 0.276 e. The summed E-state index contributed by atoms with van der Waals surface area (Å²) in [4.78, 5) is 39.1. The van der Waals surface area contributed by atoms with Gasteiger partial charge in [0.05, 0.1) is 12.6 Å². The molecule has 2 aromatic heterocycles. The van der Waals surface area contributed by atoms with Crippen LogP contribution in [-0.2, 0) is 11.2 Å². The predicted octanol–water partition coefficient (Wildman–Crippen LogP) is 0.407. The number of aliphatic hydroxyl groups is 1. The average Bonchev–Trinajstić information content (AvgIpc) is 3.00. The number of fused-ring (bicyclic) bond motifs is 1. The van der Waals surface area contributed by atoms with E-state index < -0.39 is 6.04 Å². The smallest absolute Gasteiger partial charge is 0.276 e. The number of nitrogens with one attached hydrogen (secondary N) is 3. The van der Waals surface area contributed by atoms with Crippen molar-refractivity contribution in [3.63, 3.8) is 0 Å². The number of hydrogen-bond acceptors (Lipinski definition) is 4. The molecule has 8 nitrogen and oxygen atoms in total. The first-order valence-electron chi connectivity index (χ1n) is 8.28. The molecule has 2 heterocycles. The molecule has 0 radical (unpaired) electrons. The van der Waals surface area contributed by atoms with Crippen molar-refractivity contribution in [3.8, 4) is 0 Å². The Labute approximate surface area is 148 Å². The van der Waals surface area contributed by atoms with Gasteiger partial charge in [0.1, 0.15) is 5.65 Å². The molecule has 3 aromatic rings. The first-order chi connectivity index (χ1) is 12.5. The minimum Gasteiger partial charge on any atom is -0.394 e. The number of benzene rings is 1. The monoisotopic (exact) mass is 356 g/mol. The summed E-state index contributed by atoms with van der Waals surface area (Å²) in [5, 5.41) is 14.7. The average molecular weight is 356 g/mol. The third-order valence-corrected chi connectivity index (χ3v) is 4.28. The number of carbonyl (C=O) groups is 1. The van der Waals surface area contributed by atoms with Crippen LogP contribution in [-0.4, -0.2) is 32.2 Å². The van der Waals surface area contributed by atoms with E-state index >= 15 is 0 Å². The SMILES string of the molecule is Cc1[nH]c2cc(=O)[nH]n2c(=O)c1CCC(=O)N[C@H](CO)c1ccccc1. The van der Waals surface area contributed by atoms with Crippen molar-refractivity contribution < 1.29 is 9.90 Å². The van der Waals surface area contributed by atoms with Crippen LogP contribution >= 0.6 is 0 Å². The molecule has 8 heteroatoms. The Morgan fingerprint density at radius 2 is 2.00 bits per heavy atom. The summed E-state index contributed by atoms with van der Waals surface area (Å²) in [6, 6.07) is 9.98. The van der Waals surface area contributed by atoms with Gasteiger partial charge in [0.15, 0.2) is 0 Å². The number of H-pyrrole nitrogens is 2. The van der Waals surface area contributed by atoms with Crippen LogP contribution in [0.2, 0.25) is 0 Å².